The van der Waals surface area contributed by atoms with Crippen LogP contribution in [0.1, 0.15) is 11.1 Å². The zero-order valence-electron chi connectivity index (χ0n) is 13.0. The van der Waals surface area contributed by atoms with Crippen molar-refractivity contribution in [3.63, 3.8) is 0 Å². The lowest BCUT2D eigenvalue weighted by atomic mass is 10.2. The summed E-state index contributed by atoms with van der Waals surface area (Å²) < 4.78 is 5.33. The fourth-order valence-corrected chi connectivity index (χ4v) is 5.20. The SMILES string of the molecule is C=Cc1ccccc1[Si](C)(C)C(=C)c1cccc(OC)c1. The fourth-order valence-electron chi connectivity index (χ4n) is 2.58. The standard InChI is InChI=1S/C19H22OSi/c1-6-16-10-7-8-13-19(16)21(4,5)15(2)17-11-9-12-18(14-17)20-3/h6-14H,1-2H2,3-5H3. The second-order valence-electron chi connectivity index (χ2n) is 5.63. The molecule has 0 saturated carbocycles. The van der Waals surface area contributed by atoms with Crippen LogP contribution < -0.4 is 9.92 Å². The van der Waals surface area contributed by atoms with Crippen LogP contribution >= 0.6 is 0 Å². The highest BCUT2D eigenvalue weighted by atomic mass is 28.3. The van der Waals surface area contributed by atoms with Crippen LogP contribution in [-0.4, -0.2) is 15.2 Å². The van der Waals surface area contributed by atoms with E-state index in [1.54, 1.807) is 7.11 Å². The van der Waals surface area contributed by atoms with E-state index >= 15 is 0 Å². The fraction of sp³-hybridized carbons (Fsp3) is 0.158. The van der Waals surface area contributed by atoms with Crippen LogP contribution in [-0.2, 0) is 0 Å². The highest BCUT2D eigenvalue weighted by molar-refractivity contribution is 7.04. The number of hydrogen-bond donors (Lipinski definition) is 0. The van der Waals surface area contributed by atoms with Crippen LogP contribution in [0.25, 0.3) is 11.3 Å². The Kier molecular flexibility index (Phi) is 4.49. The minimum atomic E-state index is -1.85. The first-order valence-corrected chi connectivity index (χ1v) is 10.1. The number of hydrogen-bond acceptors (Lipinski definition) is 1. The van der Waals surface area contributed by atoms with Crippen LogP contribution in [0, 0.1) is 0 Å². The van der Waals surface area contributed by atoms with Crippen LogP contribution in [0.5, 0.6) is 5.75 Å². The van der Waals surface area contributed by atoms with Crippen LogP contribution in [0.4, 0.5) is 0 Å². The molecule has 0 aliphatic carbocycles. The molecule has 108 valence electrons. The Morgan fingerprint density at radius 2 is 1.81 bits per heavy atom. The number of benzene rings is 2. The molecule has 0 fully saturated rings. The van der Waals surface area contributed by atoms with Gasteiger partial charge in [-0.2, -0.15) is 0 Å². The molecule has 0 heterocycles. The molecule has 2 aromatic carbocycles. The number of methoxy groups -OCH3 is 1. The second-order valence-corrected chi connectivity index (χ2v) is 10.0. The van der Waals surface area contributed by atoms with Gasteiger partial charge in [0.2, 0.25) is 0 Å². The van der Waals surface area contributed by atoms with Crippen molar-refractivity contribution in [2.45, 2.75) is 13.1 Å². The van der Waals surface area contributed by atoms with Gasteiger partial charge in [0.05, 0.1) is 7.11 Å². The third-order valence-corrected chi connectivity index (χ3v) is 7.63. The molecule has 0 unspecified atom stereocenters. The molecule has 0 N–H and O–H groups in total. The smallest absolute Gasteiger partial charge is 0.119 e. The van der Waals surface area contributed by atoms with E-state index in [9.17, 15) is 0 Å². The molecule has 2 heteroatoms. The molecule has 0 atom stereocenters. The van der Waals surface area contributed by atoms with Crippen molar-refractivity contribution in [1.82, 2.24) is 0 Å². The van der Waals surface area contributed by atoms with E-state index in [4.69, 9.17) is 4.74 Å². The zero-order chi connectivity index (χ0) is 15.5. The van der Waals surface area contributed by atoms with E-state index in [1.807, 2.05) is 18.2 Å². The Morgan fingerprint density at radius 3 is 2.48 bits per heavy atom. The monoisotopic (exact) mass is 294 g/mol. The average molecular weight is 294 g/mol. The van der Waals surface area contributed by atoms with Crippen molar-refractivity contribution >= 4 is 24.5 Å². The summed E-state index contributed by atoms with van der Waals surface area (Å²) in [6.45, 7) is 13.0. The molecule has 0 aromatic heterocycles. The van der Waals surface area contributed by atoms with Gasteiger partial charge in [-0.1, -0.05) is 73.9 Å². The molecule has 21 heavy (non-hydrogen) atoms. The van der Waals surface area contributed by atoms with Gasteiger partial charge in [0.1, 0.15) is 13.8 Å². The Hall–Kier alpha value is -2.06. The first-order chi connectivity index (χ1) is 10.0. The highest BCUT2D eigenvalue weighted by Gasteiger charge is 2.29. The summed E-state index contributed by atoms with van der Waals surface area (Å²) in [4.78, 5) is 0. The molecular formula is C19H22OSi. The van der Waals surface area contributed by atoms with Crippen LogP contribution in [0.15, 0.2) is 61.7 Å². The van der Waals surface area contributed by atoms with Crippen molar-refractivity contribution in [2.75, 3.05) is 7.11 Å². The molecular weight excluding hydrogens is 272 g/mol. The molecule has 0 radical (unpaired) electrons. The van der Waals surface area contributed by atoms with Gasteiger partial charge < -0.3 is 4.74 Å². The third-order valence-electron chi connectivity index (χ3n) is 4.03. The summed E-state index contributed by atoms with van der Waals surface area (Å²) in [5.41, 5.74) is 2.36. The Morgan fingerprint density at radius 1 is 1.10 bits per heavy atom. The van der Waals surface area contributed by atoms with E-state index in [0.717, 1.165) is 11.3 Å². The van der Waals surface area contributed by atoms with E-state index in [0.29, 0.717) is 0 Å². The highest BCUT2D eigenvalue weighted by Crippen LogP contribution is 2.27. The largest absolute Gasteiger partial charge is 0.497 e. The summed E-state index contributed by atoms with van der Waals surface area (Å²) in [6, 6.07) is 16.6. The van der Waals surface area contributed by atoms with E-state index in [-0.39, 0.29) is 0 Å². The van der Waals surface area contributed by atoms with Crippen molar-refractivity contribution in [1.29, 1.82) is 0 Å². The first-order valence-electron chi connectivity index (χ1n) is 7.06. The minimum Gasteiger partial charge on any atom is -0.497 e. The maximum Gasteiger partial charge on any atom is 0.119 e. The van der Waals surface area contributed by atoms with Crippen LogP contribution in [0.2, 0.25) is 13.1 Å². The predicted molar refractivity (Wildman–Crippen MR) is 95.7 cm³/mol. The molecule has 0 aliphatic heterocycles. The van der Waals surface area contributed by atoms with Gasteiger partial charge in [-0.3, -0.25) is 0 Å². The third kappa shape index (κ3) is 3.00. The molecule has 0 bridgehead atoms. The van der Waals surface area contributed by atoms with E-state index in [1.165, 1.54) is 15.9 Å². The predicted octanol–water partition coefficient (Wildman–Crippen LogP) is 4.51. The molecule has 1 nitrogen and oxygen atoms in total. The second kappa shape index (κ2) is 6.14. The molecule has 2 rings (SSSR count). The van der Waals surface area contributed by atoms with Gasteiger partial charge in [-0.05, 0) is 28.4 Å². The summed E-state index contributed by atoms with van der Waals surface area (Å²) in [5, 5.41) is 2.57. The van der Waals surface area contributed by atoms with Crippen molar-refractivity contribution in [3.05, 3.63) is 72.8 Å². The molecule has 0 amide bonds. The summed E-state index contributed by atoms with van der Waals surface area (Å²) in [5.74, 6) is 0.871. The lowest BCUT2D eigenvalue weighted by molar-refractivity contribution is 0.414. The van der Waals surface area contributed by atoms with Gasteiger partial charge >= 0.3 is 0 Å². The normalized spacial score (nSPS) is 11.0. The molecule has 0 spiro atoms. The van der Waals surface area contributed by atoms with Gasteiger partial charge in [-0.15, -0.1) is 0 Å². The summed E-state index contributed by atoms with van der Waals surface area (Å²) in [6.07, 6.45) is 1.93. The zero-order valence-corrected chi connectivity index (χ0v) is 14.0. The molecule has 0 aliphatic rings. The summed E-state index contributed by atoms with van der Waals surface area (Å²) in [7, 11) is -0.154. The van der Waals surface area contributed by atoms with Crippen molar-refractivity contribution in [2.24, 2.45) is 0 Å². The van der Waals surface area contributed by atoms with Gasteiger partial charge in [0.15, 0.2) is 0 Å². The topological polar surface area (TPSA) is 9.23 Å². The quantitative estimate of drug-likeness (QED) is 0.737. The maximum atomic E-state index is 5.33. The lowest BCUT2D eigenvalue weighted by Crippen LogP contribution is -2.44. The van der Waals surface area contributed by atoms with Crippen molar-refractivity contribution in [3.8, 4) is 5.75 Å². The Balaban J connectivity index is 2.47. The van der Waals surface area contributed by atoms with Gasteiger partial charge in [0, 0.05) is 0 Å². The Labute approximate surface area is 128 Å². The van der Waals surface area contributed by atoms with E-state index < -0.39 is 8.07 Å². The minimum absolute atomic E-state index is 0.871. The first kappa shape index (κ1) is 15.3. The number of rotatable bonds is 5. The van der Waals surface area contributed by atoms with E-state index in [2.05, 4.69) is 62.7 Å². The van der Waals surface area contributed by atoms with Crippen molar-refractivity contribution < 1.29 is 4.74 Å². The molecule has 2 aromatic rings. The molecule has 0 saturated heterocycles. The average Bonchev–Trinajstić information content (AvgIpc) is 2.54. The Bertz CT molecular complexity index is 671. The lowest BCUT2D eigenvalue weighted by Gasteiger charge is -2.28. The van der Waals surface area contributed by atoms with Gasteiger partial charge in [0.25, 0.3) is 0 Å². The van der Waals surface area contributed by atoms with Gasteiger partial charge in [-0.25, -0.2) is 0 Å². The number of ether oxygens (including phenoxy) is 1. The van der Waals surface area contributed by atoms with Crippen LogP contribution in [0.3, 0.4) is 0 Å². The maximum absolute atomic E-state index is 5.33. The summed E-state index contributed by atoms with van der Waals surface area (Å²) >= 11 is 0.